The largest absolute Gasteiger partial charge is 0.491 e. The van der Waals surface area contributed by atoms with Gasteiger partial charge in [0.25, 0.3) is 0 Å². The quantitative estimate of drug-likeness (QED) is 0.855. The van der Waals surface area contributed by atoms with Crippen molar-refractivity contribution in [2.45, 2.75) is 18.6 Å². The minimum absolute atomic E-state index is 0.0378. The molecule has 4 heteroatoms. The molecule has 0 fully saturated rings. The average Bonchev–Trinajstić information content (AvgIpc) is 2.54. The number of aliphatic hydroxyl groups excluding tert-OH is 2. The van der Waals surface area contributed by atoms with Crippen molar-refractivity contribution in [1.29, 1.82) is 5.26 Å². The molecule has 0 radical (unpaired) electrons. The molecule has 0 bridgehead atoms. The zero-order valence-electron chi connectivity index (χ0n) is 11.5. The molecule has 0 aromatic heterocycles. The van der Waals surface area contributed by atoms with Crippen LogP contribution in [0.1, 0.15) is 29.8 Å². The fourth-order valence-corrected chi connectivity index (χ4v) is 1.96. The van der Waals surface area contributed by atoms with Gasteiger partial charge in [-0.05, 0) is 23.3 Å². The molecule has 108 valence electrons. The van der Waals surface area contributed by atoms with Crippen LogP contribution < -0.4 is 4.74 Å². The van der Waals surface area contributed by atoms with Crippen LogP contribution in [-0.2, 0) is 0 Å². The lowest BCUT2D eigenvalue weighted by molar-refractivity contribution is 0.108. The summed E-state index contributed by atoms with van der Waals surface area (Å²) in [4.78, 5) is 0. The molecule has 2 unspecified atom stereocenters. The van der Waals surface area contributed by atoms with Crippen molar-refractivity contribution in [2.75, 3.05) is 6.61 Å². The molecule has 0 amide bonds. The second-order valence-electron chi connectivity index (χ2n) is 4.69. The molecule has 0 saturated carbocycles. The summed E-state index contributed by atoms with van der Waals surface area (Å²) in [6.07, 6.45) is -1.49. The van der Waals surface area contributed by atoms with Crippen molar-refractivity contribution in [2.24, 2.45) is 0 Å². The molecular weight excluding hydrogens is 266 g/mol. The van der Waals surface area contributed by atoms with E-state index in [0.717, 1.165) is 5.56 Å². The van der Waals surface area contributed by atoms with Crippen LogP contribution in [0.25, 0.3) is 0 Å². The van der Waals surface area contributed by atoms with E-state index < -0.39 is 12.2 Å². The first-order valence-corrected chi connectivity index (χ1v) is 6.71. The first-order valence-electron chi connectivity index (χ1n) is 6.71. The average molecular weight is 283 g/mol. The Bertz CT molecular complexity index is 607. The van der Waals surface area contributed by atoms with Crippen molar-refractivity contribution in [1.82, 2.24) is 0 Å². The predicted octanol–water partition coefficient (Wildman–Crippen LogP) is 2.75. The SMILES string of the molecule is N#CCC(O)c1cccc(OCC(O)c2ccccc2)c1. The van der Waals surface area contributed by atoms with Crippen LogP contribution in [0, 0.1) is 11.3 Å². The molecule has 2 atom stereocenters. The number of nitrogens with zero attached hydrogens (tertiary/aromatic N) is 1. The summed E-state index contributed by atoms with van der Waals surface area (Å²) in [7, 11) is 0. The van der Waals surface area contributed by atoms with Crippen molar-refractivity contribution >= 4 is 0 Å². The van der Waals surface area contributed by atoms with E-state index in [1.165, 1.54) is 0 Å². The van der Waals surface area contributed by atoms with Gasteiger partial charge in [0.05, 0.1) is 18.6 Å². The minimum atomic E-state index is -0.822. The van der Waals surface area contributed by atoms with Crippen LogP contribution in [0.3, 0.4) is 0 Å². The number of hydrogen-bond donors (Lipinski definition) is 2. The molecule has 0 saturated heterocycles. The molecular formula is C17H17NO3. The van der Waals surface area contributed by atoms with Gasteiger partial charge in [-0.25, -0.2) is 0 Å². The Morgan fingerprint density at radius 2 is 1.67 bits per heavy atom. The van der Waals surface area contributed by atoms with Gasteiger partial charge < -0.3 is 14.9 Å². The first-order chi connectivity index (χ1) is 10.2. The fourth-order valence-electron chi connectivity index (χ4n) is 1.96. The molecule has 0 aliphatic rings. The third kappa shape index (κ3) is 4.32. The van der Waals surface area contributed by atoms with E-state index in [2.05, 4.69) is 0 Å². The van der Waals surface area contributed by atoms with Gasteiger partial charge in [0, 0.05) is 0 Å². The van der Waals surface area contributed by atoms with Crippen LogP contribution >= 0.6 is 0 Å². The normalized spacial score (nSPS) is 13.2. The summed E-state index contributed by atoms with van der Waals surface area (Å²) in [5, 5.41) is 28.4. The maximum absolute atomic E-state index is 10.0. The van der Waals surface area contributed by atoms with E-state index >= 15 is 0 Å². The number of benzene rings is 2. The fraction of sp³-hybridized carbons (Fsp3) is 0.235. The smallest absolute Gasteiger partial charge is 0.119 e. The number of rotatable bonds is 6. The Kier molecular flexibility index (Phi) is 5.33. The predicted molar refractivity (Wildman–Crippen MR) is 78.5 cm³/mol. The second kappa shape index (κ2) is 7.44. The van der Waals surface area contributed by atoms with E-state index in [9.17, 15) is 10.2 Å². The van der Waals surface area contributed by atoms with Crippen molar-refractivity contribution in [3.8, 4) is 11.8 Å². The molecule has 2 rings (SSSR count). The second-order valence-corrected chi connectivity index (χ2v) is 4.69. The molecule has 0 aliphatic heterocycles. The van der Waals surface area contributed by atoms with E-state index in [-0.39, 0.29) is 13.0 Å². The maximum Gasteiger partial charge on any atom is 0.119 e. The molecule has 2 N–H and O–H groups in total. The topological polar surface area (TPSA) is 73.5 Å². The molecule has 0 spiro atoms. The van der Waals surface area contributed by atoms with Gasteiger partial charge in [0.15, 0.2) is 0 Å². The van der Waals surface area contributed by atoms with Crippen LogP contribution in [0.2, 0.25) is 0 Å². The van der Waals surface area contributed by atoms with Crippen molar-refractivity contribution in [3.63, 3.8) is 0 Å². The highest BCUT2D eigenvalue weighted by Gasteiger charge is 2.10. The Labute approximate surface area is 123 Å². The molecule has 0 heterocycles. The van der Waals surface area contributed by atoms with Crippen LogP contribution in [0.4, 0.5) is 0 Å². The van der Waals surface area contributed by atoms with E-state index in [4.69, 9.17) is 10.00 Å². The lowest BCUT2D eigenvalue weighted by Crippen LogP contribution is -2.09. The molecule has 4 nitrogen and oxygen atoms in total. The minimum Gasteiger partial charge on any atom is -0.491 e. The highest BCUT2D eigenvalue weighted by Crippen LogP contribution is 2.22. The van der Waals surface area contributed by atoms with Gasteiger partial charge in [-0.15, -0.1) is 0 Å². The van der Waals surface area contributed by atoms with E-state index in [1.54, 1.807) is 24.3 Å². The van der Waals surface area contributed by atoms with Gasteiger partial charge in [-0.3, -0.25) is 0 Å². The monoisotopic (exact) mass is 283 g/mol. The molecule has 2 aromatic rings. The van der Waals surface area contributed by atoms with Crippen molar-refractivity contribution in [3.05, 3.63) is 65.7 Å². The van der Waals surface area contributed by atoms with Gasteiger partial charge in [-0.1, -0.05) is 42.5 Å². The Morgan fingerprint density at radius 3 is 2.38 bits per heavy atom. The third-order valence-electron chi connectivity index (χ3n) is 3.12. The van der Waals surface area contributed by atoms with E-state index in [0.29, 0.717) is 11.3 Å². The van der Waals surface area contributed by atoms with Gasteiger partial charge in [0.2, 0.25) is 0 Å². The summed E-state index contributed by atoms with van der Waals surface area (Å²) >= 11 is 0. The Morgan fingerprint density at radius 1 is 0.952 bits per heavy atom. The molecule has 2 aromatic carbocycles. The van der Waals surface area contributed by atoms with Gasteiger partial charge in [0.1, 0.15) is 18.5 Å². The lowest BCUT2D eigenvalue weighted by atomic mass is 10.1. The first kappa shape index (κ1) is 15.0. The number of ether oxygens (including phenoxy) is 1. The van der Waals surface area contributed by atoms with Gasteiger partial charge >= 0.3 is 0 Å². The summed E-state index contributed by atoms with van der Waals surface area (Å²) in [6.45, 7) is 0.127. The van der Waals surface area contributed by atoms with Crippen LogP contribution in [-0.4, -0.2) is 16.8 Å². The molecule has 21 heavy (non-hydrogen) atoms. The van der Waals surface area contributed by atoms with Gasteiger partial charge in [-0.2, -0.15) is 5.26 Å². The molecule has 0 aliphatic carbocycles. The zero-order valence-corrected chi connectivity index (χ0v) is 11.5. The van der Waals surface area contributed by atoms with E-state index in [1.807, 2.05) is 36.4 Å². The number of hydrogen-bond acceptors (Lipinski definition) is 4. The standard InChI is InChI=1S/C17H17NO3/c18-10-9-16(19)14-7-4-8-15(11-14)21-12-17(20)13-5-2-1-3-6-13/h1-8,11,16-17,19-20H,9,12H2. The summed E-state index contributed by atoms with van der Waals surface area (Å²) < 4.78 is 5.55. The Balaban J connectivity index is 1.97. The maximum atomic E-state index is 10.0. The lowest BCUT2D eigenvalue weighted by Gasteiger charge is -2.14. The highest BCUT2D eigenvalue weighted by molar-refractivity contribution is 5.30. The van der Waals surface area contributed by atoms with Crippen LogP contribution in [0.15, 0.2) is 54.6 Å². The summed E-state index contributed by atoms with van der Waals surface area (Å²) in [5.74, 6) is 0.555. The highest BCUT2D eigenvalue weighted by atomic mass is 16.5. The number of aliphatic hydroxyl groups is 2. The van der Waals surface area contributed by atoms with Crippen molar-refractivity contribution < 1.29 is 14.9 Å². The zero-order chi connectivity index (χ0) is 15.1. The number of nitriles is 1. The summed E-state index contributed by atoms with van der Waals surface area (Å²) in [6, 6.07) is 18.1. The Hall–Kier alpha value is -2.35. The summed E-state index contributed by atoms with van der Waals surface area (Å²) in [5.41, 5.74) is 1.42. The van der Waals surface area contributed by atoms with Crippen LogP contribution in [0.5, 0.6) is 5.75 Å². The third-order valence-corrected chi connectivity index (χ3v) is 3.12.